The summed E-state index contributed by atoms with van der Waals surface area (Å²) in [5, 5.41) is 4.19. The van der Waals surface area contributed by atoms with E-state index in [0.29, 0.717) is 23.3 Å². The topological polar surface area (TPSA) is 90.9 Å². The average molecular weight is 394 g/mol. The van der Waals surface area contributed by atoms with Gasteiger partial charge in [0.25, 0.3) is 0 Å². The summed E-state index contributed by atoms with van der Waals surface area (Å²) in [4.78, 5) is 13.1. The van der Waals surface area contributed by atoms with Gasteiger partial charge in [-0.15, -0.1) is 0 Å². The first-order valence-corrected chi connectivity index (χ1v) is 9.41. The molecule has 0 saturated carbocycles. The van der Waals surface area contributed by atoms with Gasteiger partial charge in [0, 0.05) is 41.4 Å². The average Bonchev–Trinajstić information content (AvgIpc) is 3.20. The van der Waals surface area contributed by atoms with E-state index in [1.54, 1.807) is 18.5 Å². The summed E-state index contributed by atoms with van der Waals surface area (Å²) in [6.45, 7) is 0. The fraction of sp³-hybridized carbons (Fsp3) is 0. The van der Waals surface area contributed by atoms with E-state index in [4.69, 9.17) is 10.5 Å². The van der Waals surface area contributed by atoms with Crippen molar-refractivity contribution in [3.05, 3.63) is 91.4 Å². The fourth-order valence-corrected chi connectivity index (χ4v) is 3.16. The molecule has 0 fully saturated rings. The van der Waals surface area contributed by atoms with E-state index in [9.17, 15) is 0 Å². The Labute approximate surface area is 172 Å². The Balaban J connectivity index is 1.37. The molecule has 0 bridgehead atoms. The molecule has 0 radical (unpaired) electrons. The van der Waals surface area contributed by atoms with Gasteiger partial charge in [0.2, 0.25) is 11.8 Å². The number of pyridine rings is 1. The summed E-state index contributed by atoms with van der Waals surface area (Å²) in [6.07, 6.45) is 5.43. The van der Waals surface area contributed by atoms with Crippen LogP contribution in [0.3, 0.4) is 0 Å². The maximum Gasteiger partial charge on any atom is 0.230 e. The maximum absolute atomic E-state index is 5.96. The van der Waals surface area contributed by atoms with Crippen molar-refractivity contribution in [1.82, 2.24) is 19.5 Å². The summed E-state index contributed by atoms with van der Waals surface area (Å²) in [7, 11) is 0. The molecule has 0 aliphatic heterocycles. The van der Waals surface area contributed by atoms with E-state index in [-0.39, 0.29) is 0 Å². The molecule has 0 aliphatic rings. The third-order valence-electron chi connectivity index (χ3n) is 4.58. The fourth-order valence-electron chi connectivity index (χ4n) is 3.16. The quantitative estimate of drug-likeness (QED) is 0.411. The molecular weight excluding hydrogens is 376 g/mol. The number of benzene rings is 2. The molecule has 7 nitrogen and oxygen atoms in total. The van der Waals surface area contributed by atoms with Gasteiger partial charge in [0.15, 0.2) is 0 Å². The normalized spacial score (nSPS) is 10.8. The monoisotopic (exact) mass is 394 g/mol. The number of hydrogen-bond acceptors (Lipinski definition) is 6. The van der Waals surface area contributed by atoms with Gasteiger partial charge in [-0.25, -0.2) is 9.97 Å². The Bertz CT molecular complexity index is 1300. The van der Waals surface area contributed by atoms with E-state index in [1.807, 2.05) is 77.5 Å². The minimum absolute atomic E-state index is 0.444. The number of rotatable bonds is 5. The molecule has 30 heavy (non-hydrogen) atoms. The maximum atomic E-state index is 5.96. The summed E-state index contributed by atoms with van der Waals surface area (Å²) in [5.41, 5.74) is 8.32. The van der Waals surface area contributed by atoms with Crippen LogP contribution in [0.2, 0.25) is 0 Å². The molecule has 0 saturated heterocycles. The third-order valence-corrected chi connectivity index (χ3v) is 4.58. The number of fused-ring (bicyclic) bond motifs is 1. The molecule has 0 aliphatic carbocycles. The van der Waals surface area contributed by atoms with Crippen molar-refractivity contribution in [2.24, 2.45) is 0 Å². The minimum atomic E-state index is 0.444. The van der Waals surface area contributed by atoms with E-state index in [1.165, 1.54) is 0 Å². The lowest BCUT2D eigenvalue weighted by Gasteiger charge is -2.09. The van der Waals surface area contributed by atoms with Crippen molar-refractivity contribution in [3.8, 4) is 17.4 Å². The molecule has 2 aromatic carbocycles. The molecule has 0 atom stereocenters. The van der Waals surface area contributed by atoms with Crippen molar-refractivity contribution in [1.29, 1.82) is 0 Å². The van der Waals surface area contributed by atoms with Crippen LogP contribution in [-0.2, 0) is 0 Å². The zero-order valence-corrected chi connectivity index (χ0v) is 15.9. The van der Waals surface area contributed by atoms with Gasteiger partial charge in [0.1, 0.15) is 11.6 Å². The summed E-state index contributed by atoms with van der Waals surface area (Å²) < 4.78 is 8.00. The van der Waals surface area contributed by atoms with Crippen molar-refractivity contribution in [3.63, 3.8) is 0 Å². The van der Waals surface area contributed by atoms with Crippen molar-refractivity contribution < 1.29 is 4.74 Å². The van der Waals surface area contributed by atoms with Crippen molar-refractivity contribution in [2.45, 2.75) is 0 Å². The first kappa shape index (κ1) is 17.7. The van der Waals surface area contributed by atoms with Crippen LogP contribution in [0.15, 0.2) is 91.4 Å². The van der Waals surface area contributed by atoms with Gasteiger partial charge in [-0.05, 0) is 60.7 Å². The van der Waals surface area contributed by atoms with Crippen molar-refractivity contribution >= 4 is 28.2 Å². The predicted octanol–water partition coefficient (Wildman–Crippen LogP) is 4.93. The second-order valence-corrected chi connectivity index (χ2v) is 6.66. The molecule has 3 heterocycles. The number of nitrogens with one attached hydrogen (secondary N) is 1. The summed E-state index contributed by atoms with van der Waals surface area (Å²) >= 11 is 0. The van der Waals surface area contributed by atoms with E-state index in [2.05, 4.69) is 20.3 Å². The van der Waals surface area contributed by atoms with Crippen LogP contribution in [-0.4, -0.2) is 19.5 Å². The Morgan fingerprint density at radius 2 is 1.77 bits per heavy atom. The number of anilines is 3. The standard InChI is InChI=1S/C23H18N6O/c24-17-4-6-18(7-5-17)27-23-26-13-10-22(28-23)30-19-8-9-20-16(15-19)11-14-29(20)21-3-1-2-12-25-21/h1-15H,24H2,(H,26,27,28). The Morgan fingerprint density at radius 3 is 2.60 bits per heavy atom. The number of nitrogen functional groups attached to an aromatic ring is 1. The molecule has 7 heteroatoms. The number of ether oxygens (including phenoxy) is 1. The second kappa shape index (κ2) is 7.56. The lowest BCUT2D eigenvalue weighted by Crippen LogP contribution is -1.98. The molecule has 5 aromatic rings. The van der Waals surface area contributed by atoms with Gasteiger partial charge in [-0.3, -0.25) is 0 Å². The first-order chi connectivity index (χ1) is 14.7. The highest BCUT2D eigenvalue weighted by molar-refractivity contribution is 5.83. The number of nitrogens with zero attached hydrogens (tertiary/aromatic N) is 4. The summed E-state index contributed by atoms with van der Waals surface area (Å²) in [6, 6.07) is 22.9. The lowest BCUT2D eigenvalue weighted by molar-refractivity contribution is 0.463. The van der Waals surface area contributed by atoms with Crippen LogP contribution in [0.5, 0.6) is 11.6 Å². The molecule has 3 aromatic heterocycles. The highest BCUT2D eigenvalue weighted by Crippen LogP contribution is 2.27. The highest BCUT2D eigenvalue weighted by atomic mass is 16.5. The molecule has 0 unspecified atom stereocenters. The molecule has 0 spiro atoms. The van der Waals surface area contributed by atoms with Gasteiger partial charge < -0.3 is 20.4 Å². The first-order valence-electron chi connectivity index (χ1n) is 9.41. The Hall–Kier alpha value is -4.39. The molecule has 3 N–H and O–H groups in total. The van der Waals surface area contributed by atoms with Gasteiger partial charge in [0.05, 0.1) is 5.52 Å². The third kappa shape index (κ3) is 3.64. The van der Waals surface area contributed by atoms with Crippen LogP contribution < -0.4 is 15.8 Å². The number of aromatic nitrogens is 4. The molecular formula is C23H18N6O. The minimum Gasteiger partial charge on any atom is -0.439 e. The number of hydrogen-bond donors (Lipinski definition) is 2. The highest BCUT2D eigenvalue weighted by Gasteiger charge is 2.07. The van der Waals surface area contributed by atoms with Crippen LogP contribution in [0.25, 0.3) is 16.7 Å². The van der Waals surface area contributed by atoms with E-state index < -0.39 is 0 Å². The molecule has 146 valence electrons. The van der Waals surface area contributed by atoms with Crippen molar-refractivity contribution in [2.75, 3.05) is 11.1 Å². The Morgan fingerprint density at radius 1 is 0.867 bits per heavy atom. The van der Waals surface area contributed by atoms with E-state index >= 15 is 0 Å². The van der Waals surface area contributed by atoms with E-state index in [0.717, 1.165) is 22.4 Å². The zero-order valence-electron chi connectivity index (χ0n) is 15.9. The SMILES string of the molecule is Nc1ccc(Nc2nccc(Oc3ccc4c(ccn4-c4ccccn4)c3)n2)cc1. The predicted molar refractivity (Wildman–Crippen MR) is 117 cm³/mol. The zero-order chi connectivity index (χ0) is 20.3. The smallest absolute Gasteiger partial charge is 0.230 e. The van der Waals surface area contributed by atoms with Crippen LogP contribution in [0, 0.1) is 0 Å². The molecule has 0 amide bonds. The van der Waals surface area contributed by atoms with Gasteiger partial charge in [-0.1, -0.05) is 6.07 Å². The largest absolute Gasteiger partial charge is 0.439 e. The molecule has 5 rings (SSSR count). The van der Waals surface area contributed by atoms with Crippen LogP contribution in [0.4, 0.5) is 17.3 Å². The second-order valence-electron chi connectivity index (χ2n) is 6.66. The lowest BCUT2D eigenvalue weighted by atomic mass is 10.2. The van der Waals surface area contributed by atoms with Gasteiger partial charge >= 0.3 is 0 Å². The van der Waals surface area contributed by atoms with Gasteiger partial charge in [-0.2, -0.15) is 4.98 Å². The van der Waals surface area contributed by atoms with Crippen LogP contribution in [0.1, 0.15) is 0 Å². The number of nitrogens with two attached hydrogens (primary N) is 1. The summed E-state index contributed by atoms with van der Waals surface area (Å²) in [5.74, 6) is 2.46. The van der Waals surface area contributed by atoms with Crippen LogP contribution >= 0.6 is 0 Å². The Kier molecular flexibility index (Phi) is 4.46.